The molecule has 0 saturated carbocycles. The van der Waals surface area contributed by atoms with Gasteiger partial charge in [-0.15, -0.1) is 0 Å². The van der Waals surface area contributed by atoms with E-state index in [1.807, 2.05) is 26.0 Å². The molecule has 0 atom stereocenters. The van der Waals surface area contributed by atoms with Crippen molar-refractivity contribution in [3.05, 3.63) is 29.8 Å². The zero-order chi connectivity index (χ0) is 15.0. The molecule has 0 heterocycles. The molecule has 0 saturated heterocycles. The first kappa shape index (κ1) is 16.0. The van der Waals surface area contributed by atoms with Gasteiger partial charge in [-0.25, -0.2) is 0 Å². The molecular weight excluding hydrogens is 254 g/mol. The zero-order valence-electron chi connectivity index (χ0n) is 12.1. The first-order chi connectivity index (χ1) is 9.47. The molecule has 0 radical (unpaired) electrons. The number of amides is 2. The van der Waals surface area contributed by atoms with E-state index < -0.39 is 0 Å². The quantitative estimate of drug-likeness (QED) is 0.652. The summed E-state index contributed by atoms with van der Waals surface area (Å²) in [6, 6.07) is 7.18. The van der Waals surface area contributed by atoms with Crippen LogP contribution in [-0.2, 0) is 16.0 Å². The van der Waals surface area contributed by atoms with Crippen molar-refractivity contribution in [1.29, 1.82) is 0 Å². The standard InChI is InChI=1S/C15H23N3O2/c1-11(2)10-18-14(19)7-8-17-15(20)9-12-3-5-13(16)6-4-12/h3-6,11H,7-10,16H2,1-2H3,(H,17,20)(H,18,19). The predicted molar refractivity (Wildman–Crippen MR) is 80.0 cm³/mol. The third-order valence-corrected chi connectivity index (χ3v) is 2.73. The molecule has 110 valence electrons. The van der Waals surface area contributed by atoms with Crippen molar-refractivity contribution in [3.63, 3.8) is 0 Å². The highest BCUT2D eigenvalue weighted by Crippen LogP contribution is 2.05. The number of nitrogens with one attached hydrogen (secondary N) is 2. The number of carbonyl (C=O) groups is 2. The lowest BCUT2D eigenvalue weighted by Gasteiger charge is -2.08. The maximum atomic E-state index is 11.7. The monoisotopic (exact) mass is 277 g/mol. The van der Waals surface area contributed by atoms with Crippen LogP contribution in [0.15, 0.2) is 24.3 Å². The van der Waals surface area contributed by atoms with Crippen molar-refractivity contribution < 1.29 is 9.59 Å². The average Bonchev–Trinajstić information content (AvgIpc) is 2.39. The van der Waals surface area contributed by atoms with E-state index in [1.54, 1.807) is 12.1 Å². The van der Waals surface area contributed by atoms with Gasteiger partial charge in [0.2, 0.25) is 11.8 Å². The third-order valence-electron chi connectivity index (χ3n) is 2.73. The van der Waals surface area contributed by atoms with Gasteiger partial charge in [0, 0.05) is 25.2 Å². The van der Waals surface area contributed by atoms with Gasteiger partial charge in [0.15, 0.2) is 0 Å². The SMILES string of the molecule is CC(C)CNC(=O)CCNC(=O)Cc1ccc(N)cc1. The first-order valence-electron chi connectivity index (χ1n) is 6.85. The number of carbonyl (C=O) groups excluding carboxylic acids is 2. The molecule has 0 aliphatic rings. The van der Waals surface area contributed by atoms with Crippen LogP contribution >= 0.6 is 0 Å². The summed E-state index contributed by atoms with van der Waals surface area (Å²) in [5, 5.41) is 5.54. The minimum atomic E-state index is -0.0913. The fourth-order valence-corrected chi connectivity index (χ4v) is 1.61. The second-order valence-electron chi connectivity index (χ2n) is 5.22. The minimum Gasteiger partial charge on any atom is -0.399 e. The summed E-state index contributed by atoms with van der Waals surface area (Å²) in [4.78, 5) is 23.1. The fourth-order valence-electron chi connectivity index (χ4n) is 1.61. The molecule has 0 bridgehead atoms. The molecule has 1 rings (SSSR count). The molecular formula is C15H23N3O2. The van der Waals surface area contributed by atoms with Crippen LogP contribution in [0.5, 0.6) is 0 Å². The van der Waals surface area contributed by atoms with Crippen molar-refractivity contribution in [2.24, 2.45) is 5.92 Å². The highest BCUT2D eigenvalue weighted by atomic mass is 16.2. The topological polar surface area (TPSA) is 84.2 Å². The Morgan fingerprint density at radius 3 is 2.35 bits per heavy atom. The maximum absolute atomic E-state index is 11.7. The zero-order valence-corrected chi connectivity index (χ0v) is 12.1. The van der Waals surface area contributed by atoms with Gasteiger partial charge in [0.05, 0.1) is 6.42 Å². The molecule has 0 spiro atoms. The van der Waals surface area contributed by atoms with E-state index in [0.29, 0.717) is 37.5 Å². The Kier molecular flexibility index (Phi) is 6.56. The third kappa shape index (κ3) is 6.78. The van der Waals surface area contributed by atoms with E-state index in [2.05, 4.69) is 10.6 Å². The highest BCUT2D eigenvalue weighted by molar-refractivity contribution is 5.80. The Morgan fingerprint density at radius 1 is 1.10 bits per heavy atom. The van der Waals surface area contributed by atoms with Crippen molar-refractivity contribution in [3.8, 4) is 0 Å². The summed E-state index contributed by atoms with van der Waals surface area (Å²) >= 11 is 0. The normalized spacial score (nSPS) is 10.3. The second-order valence-corrected chi connectivity index (χ2v) is 5.22. The van der Waals surface area contributed by atoms with Gasteiger partial charge in [-0.2, -0.15) is 0 Å². The van der Waals surface area contributed by atoms with Crippen LogP contribution in [0.2, 0.25) is 0 Å². The van der Waals surface area contributed by atoms with E-state index in [9.17, 15) is 9.59 Å². The molecule has 5 heteroatoms. The van der Waals surface area contributed by atoms with Gasteiger partial charge in [-0.1, -0.05) is 26.0 Å². The molecule has 5 nitrogen and oxygen atoms in total. The summed E-state index contributed by atoms with van der Waals surface area (Å²) in [6.45, 7) is 5.10. The Morgan fingerprint density at radius 2 is 1.75 bits per heavy atom. The summed E-state index contributed by atoms with van der Waals surface area (Å²) in [7, 11) is 0. The number of rotatable bonds is 7. The first-order valence-corrected chi connectivity index (χ1v) is 6.85. The number of nitrogens with two attached hydrogens (primary N) is 1. The summed E-state index contributed by atoms with van der Waals surface area (Å²) < 4.78 is 0. The van der Waals surface area contributed by atoms with Crippen LogP contribution in [0.1, 0.15) is 25.8 Å². The van der Waals surface area contributed by atoms with E-state index in [0.717, 1.165) is 5.56 Å². The lowest BCUT2D eigenvalue weighted by molar-refractivity contribution is -0.122. The second kappa shape index (κ2) is 8.19. The summed E-state index contributed by atoms with van der Waals surface area (Å²) in [6.07, 6.45) is 0.605. The molecule has 0 aliphatic carbocycles. The van der Waals surface area contributed by atoms with Crippen LogP contribution in [0.25, 0.3) is 0 Å². The molecule has 4 N–H and O–H groups in total. The Labute approximate surface area is 119 Å². The molecule has 0 aromatic heterocycles. The van der Waals surface area contributed by atoms with Crippen molar-refractivity contribution >= 4 is 17.5 Å². The van der Waals surface area contributed by atoms with Crippen molar-refractivity contribution in [2.75, 3.05) is 18.8 Å². The Balaban J connectivity index is 2.20. The van der Waals surface area contributed by atoms with Crippen molar-refractivity contribution in [1.82, 2.24) is 10.6 Å². The molecule has 0 fully saturated rings. The number of benzene rings is 1. The highest BCUT2D eigenvalue weighted by Gasteiger charge is 2.05. The van der Waals surface area contributed by atoms with Crippen LogP contribution in [0.3, 0.4) is 0 Å². The molecule has 1 aromatic rings. The lowest BCUT2D eigenvalue weighted by Crippen LogP contribution is -2.32. The van der Waals surface area contributed by atoms with Crippen molar-refractivity contribution in [2.45, 2.75) is 26.7 Å². The number of anilines is 1. The van der Waals surface area contributed by atoms with Crippen LogP contribution < -0.4 is 16.4 Å². The summed E-state index contributed by atoms with van der Waals surface area (Å²) in [5.74, 6) is 0.303. The lowest BCUT2D eigenvalue weighted by atomic mass is 10.1. The Bertz CT molecular complexity index is 441. The van der Waals surface area contributed by atoms with Crippen LogP contribution in [0, 0.1) is 5.92 Å². The van der Waals surface area contributed by atoms with E-state index >= 15 is 0 Å². The molecule has 20 heavy (non-hydrogen) atoms. The van der Waals surface area contributed by atoms with Gasteiger partial charge < -0.3 is 16.4 Å². The van der Waals surface area contributed by atoms with Gasteiger partial charge in [-0.05, 0) is 23.6 Å². The van der Waals surface area contributed by atoms with Gasteiger partial charge in [0.1, 0.15) is 0 Å². The maximum Gasteiger partial charge on any atom is 0.224 e. The van der Waals surface area contributed by atoms with E-state index in [4.69, 9.17) is 5.73 Å². The largest absolute Gasteiger partial charge is 0.399 e. The fraction of sp³-hybridized carbons (Fsp3) is 0.467. The molecule has 1 aromatic carbocycles. The van der Waals surface area contributed by atoms with Crippen LogP contribution in [-0.4, -0.2) is 24.9 Å². The Hall–Kier alpha value is -2.04. The number of nitrogen functional groups attached to an aromatic ring is 1. The van der Waals surface area contributed by atoms with Crippen LogP contribution in [0.4, 0.5) is 5.69 Å². The molecule has 0 aliphatic heterocycles. The van der Waals surface area contributed by atoms with Gasteiger partial charge in [0.25, 0.3) is 0 Å². The average molecular weight is 277 g/mol. The summed E-state index contributed by atoms with van der Waals surface area (Å²) in [5.41, 5.74) is 7.16. The number of hydrogen-bond acceptors (Lipinski definition) is 3. The van der Waals surface area contributed by atoms with Gasteiger partial charge in [-0.3, -0.25) is 9.59 Å². The predicted octanol–water partition coefficient (Wildman–Crippen LogP) is 1.09. The molecule has 2 amide bonds. The minimum absolute atomic E-state index is 0.0357. The van der Waals surface area contributed by atoms with E-state index in [1.165, 1.54) is 0 Å². The van der Waals surface area contributed by atoms with E-state index in [-0.39, 0.29) is 11.8 Å². The molecule has 0 unspecified atom stereocenters. The van der Waals surface area contributed by atoms with Gasteiger partial charge >= 0.3 is 0 Å². The number of hydrogen-bond donors (Lipinski definition) is 3. The smallest absolute Gasteiger partial charge is 0.224 e.